The first kappa shape index (κ1) is 15.4. The summed E-state index contributed by atoms with van der Waals surface area (Å²) in [5, 5.41) is 0. The summed E-state index contributed by atoms with van der Waals surface area (Å²) in [5.74, 6) is -1.38. The van der Waals surface area contributed by atoms with Gasteiger partial charge < -0.3 is 14.2 Å². The average molecular weight is 246 g/mol. The molecule has 98 valence electrons. The second kappa shape index (κ2) is 8.55. The number of ether oxygens (including phenoxy) is 3. The van der Waals surface area contributed by atoms with Gasteiger partial charge in [-0.3, -0.25) is 14.4 Å². The molecule has 1 unspecified atom stereocenters. The largest absolute Gasteiger partial charge is 0.469 e. The molecule has 0 aromatic rings. The summed E-state index contributed by atoms with van der Waals surface area (Å²) in [7, 11) is 1.24. The van der Waals surface area contributed by atoms with Crippen molar-refractivity contribution in [3.63, 3.8) is 0 Å². The molecule has 0 bridgehead atoms. The van der Waals surface area contributed by atoms with Crippen LogP contribution in [0.5, 0.6) is 0 Å². The van der Waals surface area contributed by atoms with Gasteiger partial charge in [-0.1, -0.05) is 13.8 Å². The van der Waals surface area contributed by atoms with Crippen LogP contribution in [0.3, 0.4) is 0 Å². The highest BCUT2D eigenvalue weighted by molar-refractivity contribution is 5.72. The molecule has 0 aromatic carbocycles. The van der Waals surface area contributed by atoms with E-state index in [1.54, 1.807) is 13.8 Å². The molecule has 17 heavy (non-hydrogen) atoms. The number of methoxy groups -OCH3 is 1. The van der Waals surface area contributed by atoms with Crippen LogP contribution < -0.4 is 0 Å². The Morgan fingerprint density at radius 2 is 1.59 bits per heavy atom. The van der Waals surface area contributed by atoms with Crippen LogP contribution in [0.15, 0.2) is 0 Å². The van der Waals surface area contributed by atoms with Crippen LogP contribution in [0.2, 0.25) is 0 Å². The van der Waals surface area contributed by atoms with Crippen molar-refractivity contribution >= 4 is 17.9 Å². The molecule has 1 atom stereocenters. The lowest BCUT2D eigenvalue weighted by Gasteiger charge is -2.16. The average Bonchev–Trinajstić information content (AvgIpc) is 2.34. The third-order valence-corrected chi connectivity index (χ3v) is 1.93. The van der Waals surface area contributed by atoms with Crippen molar-refractivity contribution in [2.75, 3.05) is 13.7 Å². The lowest BCUT2D eigenvalue weighted by Crippen LogP contribution is -2.28. The van der Waals surface area contributed by atoms with Crippen molar-refractivity contribution in [1.82, 2.24) is 0 Å². The molecule has 6 heteroatoms. The van der Waals surface area contributed by atoms with E-state index in [-0.39, 0.29) is 25.9 Å². The highest BCUT2D eigenvalue weighted by Crippen LogP contribution is 2.04. The van der Waals surface area contributed by atoms with Gasteiger partial charge in [0.15, 0.2) is 0 Å². The van der Waals surface area contributed by atoms with Crippen LogP contribution in [-0.2, 0) is 28.6 Å². The molecule has 0 rings (SSSR count). The van der Waals surface area contributed by atoms with E-state index in [4.69, 9.17) is 9.47 Å². The highest BCUT2D eigenvalue weighted by Gasteiger charge is 2.19. The van der Waals surface area contributed by atoms with E-state index in [2.05, 4.69) is 4.74 Å². The summed E-state index contributed by atoms with van der Waals surface area (Å²) in [4.78, 5) is 33.1. The van der Waals surface area contributed by atoms with Crippen LogP contribution in [0.25, 0.3) is 0 Å². The molecule has 6 nitrogen and oxygen atoms in total. The summed E-state index contributed by atoms with van der Waals surface area (Å²) in [5.41, 5.74) is 0. The quantitative estimate of drug-likeness (QED) is 0.489. The third kappa shape index (κ3) is 7.32. The molecule has 0 spiro atoms. The molecule has 0 amide bonds. The molecule has 0 N–H and O–H groups in total. The molecule has 0 fully saturated rings. The number of esters is 3. The third-order valence-electron chi connectivity index (χ3n) is 1.93. The predicted octanol–water partition coefficient (Wildman–Crippen LogP) is 0.825. The maximum absolute atomic E-state index is 11.1. The van der Waals surface area contributed by atoms with Gasteiger partial charge in [0, 0.05) is 12.8 Å². The van der Waals surface area contributed by atoms with Crippen LogP contribution in [0.4, 0.5) is 0 Å². The van der Waals surface area contributed by atoms with E-state index in [9.17, 15) is 14.4 Å². The Balaban J connectivity index is 4.24. The monoisotopic (exact) mass is 246 g/mol. The first-order valence-electron chi connectivity index (χ1n) is 5.45. The zero-order valence-corrected chi connectivity index (χ0v) is 10.4. The van der Waals surface area contributed by atoms with Crippen molar-refractivity contribution in [3.05, 3.63) is 0 Å². The van der Waals surface area contributed by atoms with Gasteiger partial charge in [-0.25, -0.2) is 0 Å². The van der Waals surface area contributed by atoms with Crippen LogP contribution in [0, 0.1) is 0 Å². The Bertz CT molecular complexity index is 255. The SMILES string of the molecule is CCC(=O)OCC(CC(=O)OC)OC(=O)CC. The second-order valence-electron chi connectivity index (χ2n) is 3.28. The molecule has 0 saturated heterocycles. The van der Waals surface area contributed by atoms with Gasteiger partial charge in [0.05, 0.1) is 13.5 Å². The van der Waals surface area contributed by atoms with Crippen molar-refractivity contribution in [2.24, 2.45) is 0 Å². The molecule has 0 heterocycles. The van der Waals surface area contributed by atoms with Gasteiger partial charge in [0.2, 0.25) is 0 Å². The van der Waals surface area contributed by atoms with Gasteiger partial charge in [-0.15, -0.1) is 0 Å². The van der Waals surface area contributed by atoms with E-state index in [1.165, 1.54) is 7.11 Å². The summed E-state index contributed by atoms with van der Waals surface area (Å²) < 4.78 is 14.2. The zero-order chi connectivity index (χ0) is 13.3. The van der Waals surface area contributed by atoms with Gasteiger partial charge in [0.25, 0.3) is 0 Å². The Kier molecular flexibility index (Phi) is 7.75. The van der Waals surface area contributed by atoms with Crippen LogP contribution in [0.1, 0.15) is 33.1 Å². The van der Waals surface area contributed by atoms with E-state index < -0.39 is 24.0 Å². The number of carbonyl (C=O) groups is 3. The minimum absolute atomic E-state index is 0.126. The molecule has 0 aliphatic heterocycles. The van der Waals surface area contributed by atoms with Gasteiger partial charge >= 0.3 is 17.9 Å². The molecule has 0 aromatic heterocycles. The first-order chi connectivity index (χ1) is 8.03. The lowest BCUT2D eigenvalue weighted by atomic mass is 10.2. The second-order valence-corrected chi connectivity index (χ2v) is 3.28. The summed E-state index contributed by atoms with van der Waals surface area (Å²) >= 11 is 0. The molecular weight excluding hydrogens is 228 g/mol. The highest BCUT2D eigenvalue weighted by atomic mass is 16.6. The van der Waals surface area contributed by atoms with E-state index >= 15 is 0 Å². The van der Waals surface area contributed by atoms with Crippen LogP contribution in [-0.4, -0.2) is 37.7 Å². The summed E-state index contributed by atoms with van der Waals surface area (Å²) in [6.45, 7) is 3.15. The fraction of sp³-hybridized carbons (Fsp3) is 0.727. The summed E-state index contributed by atoms with van der Waals surface area (Å²) in [6.07, 6.45) is -0.490. The van der Waals surface area contributed by atoms with Gasteiger partial charge in [-0.05, 0) is 0 Å². The number of hydrogen-bond donors (Lipinski definition) is 0. The molecular formula is C11H18O6. The number of rotatable bonds is 7. The minimum Gasteiger partial charge on any atom is -0.469 e. The topological polar surface area (TPSA) is 78.9 Å². The maximum atomic E-state index is 11.1. The molecule has 0 aliphatic rings. The van der Waals surface area contributed by atoms with Crippen molar-refractivity contribution in [1.29, 1.82) is 0 Å². The van der Waals surface area contributed by atoms with Crippen molar-refractivity contribution in [2.45, 2.75) is 39.2 Å². The molecule has 0 radical (unpaired) electrons. The van der Waals surface area contributed by atoms with Gasteiger partial charge in [-0.2, -0.15) is 0 Å². The van der Waals surface area contributed by atoms with Crippen LogP contribution >= 0.6 is 0 Å². The molecule has 0 saturated carbocycles. The Morgan fingerprint density at radius 3 is 2.06 bits per heavy atom. The predicted molar refractivity (Wildman–Crippen MR) is 58.1 cm³/mol. The standard InChI is InChI=1S/C11H18O6/c1-4-9(12)16-7-8(6-11(14)15-3)17-10(13)5-2/h8H,4-7H2,1-3H3. The number of hydrogen-bond acceptors (Lipinski definition) is 6. The normalized spacial score (nSPS) is 11.5. The smallest absolute Gasteiger partial charge is 0.309 e. The van der Waals surface area contributed by atoms with Crippen molar-refractivity contribution < 1.29 is 28.6 Å². The van der Waals surface area contributed by atoms with Crippen molar-refractivity contribution in [3.8, 4) is 0 Å². The van der Waals surface area contributed by atoms with E-state index in [1.807, 2.05) is 0 Å². The fourth-order valence-electron chi connectivity index (χ4n) is 0.961. The van der Waals surface area contributed by atoms with E-state index in [0.29, 0.717) is 0 Å². The lowest BCUT2D eigenvalue weighted by molar-refractivity contribution is -0.162. The van der Waals surface area contributed by atoms with Gasteiger partial charge in [0.1, 0.15) is 12.7 Å². The zero-order valence-electron chi connectivity index (χ0n) is 10.4. The fourth-order valence-corrected chi connectivity index (χ4v) is 0.961. The summed E-state index contributed by atoms with van der Waals surface area (Å²) in [6, 6.07) is 0. The molecule has 0 aliphatic carbocycles. The Labute approximate surface area is 100 Å². The minimum atomic E-state index is -0.787. The number of carbonyl (C=O) groups excluding carboxylic acids is 3. The van der Waals surface area contributed by atoms with E-state index in [0.717, 1.165) is 0 Å². The Morgan fingerprint density at radius 1 is 1.00 bits per heavy atom. The maximum Gasteiger partial charge on any atom is 0.309 e. The Hall–Kier alpha value is -1.59. The first-order valence-corrected chi connectivity index (χ1v) is 5.45.